The molecule has 27 heavy (non-hydrogen) atoms. The van der Waals surface area contributed by atoms with Crippen molar-refractivity contribution < 1.29 is 9.18 Å². The first-order valence-electron chi connectivity index (χ1n) is 10.8. The molecule has 3 fully saturated rings. The Labute approximate surface area is 160 Å². The van der Waals surface area contributed by atoms with Crippen LogP contribution in [0.2, 0.25) is 0 Å². The molecule has 0 N–H and O–H groups in total. The van der Waals surface area contributed by atoms with Crippen molar-refractivity contribution in [3.63, 3.8) is 0 Å². The molecule has 0 aromatic carbocycles. The lowest BCUT2D eigenvalue weighted by Crippen LogP contribution is -2.47. The zero-order chi connectivity index (χ0) is 18.6. The van der Waals surface area contributed by atoms with E-state index in [4.69, 9.17) is 0 Å². The Bertz CT molecular complexity index is 745. The second-order valence-electron chi connectivity index (χ2n) is 9.63. The van der Waals surface area contributed by atoms with Crippen molar-refractivity contribution in [2.45, 2.75) is 71.0 Å². The summed E-state index contributed by atoms with van der Waals surface area (Å²) in [5, 5.41) is 8.24. The van der Waals surface area contributed by atoms with Crippen molar-refractivity contribution in [1.82, 2.24) is 15.0 Å². The number of halogens is 1. The number of allylic oxidation sites excluding steroid dienone is 2. The molecular weight excluding hydrogens is 341 g/mol. The molecular formula is C22H30FN3O. The SMILES string of the molecule is CC12CCC3C4CC[C@H](F)CC4=CCC3C1CCC2C(=O)Cn1nccn1. The molecule has 0 spiro atoms. The number of nitrogens with zero attached hydrogens (tertiary/aromatic N) is 3. The summed E-state index contributed by atoms with van der Waals surface area (Å²) in [7, 11) is 0. The van der Waals surface area contributed by atoms with Gasteiger partial charge in [0.05, 0.1) is 12.4 Å². The predicted molar refractivity (Wildman–Crippen MR) is 101 cm³/mol. The van der Waals surface area contributed by atoms with Crippen LogP contribution < -0.4 is 0 Å². The first-order valence-corrected chi connectivity index (χ1v) is 10.8. The number of fused-ring (bicyclic) bond motifs is 5. The molecule has 0 saturated heterocycles. The van der Waals surface area contributed by atoms with Crippen molar-refractivity contribution in [2.24, 2.45) is 35.0 Å². The molecule has 1 heterocycles. The number of alkyl halides is 1. The molecule has 4 aliphatic carbocycles. The molecule has 7 atom stereocenters. The molecule has 146 valence electrons. The van der Waals surface area contributed by atoms with Crippen LogP contribution in [0.25, 0.3) is 0 Å². The highest BCUT2D eigenvalue weighted by molar-refractivity contribution is 5.82. The summed E-state index contributed by atoms with van der Waals surface area (Å²) in [5.74, 6) is 3.10. The van der Waals surface area contributed by atoms with Crippen LogP contribution >= 0.6 is 0 Å². The van der Waals surface area contributed by atoms with Crippen molar-refractivity contribution in [3.8, 4) is 0 Å². The number of carbonyl (C=O) groups excluding carboxylic acids is 1. The fourth-order valence-electron chi connectivity index (χ4n) is 7.33. The third-order valence-electron chi connectivity index (χ3n) is 8.54. The summed E-state index contributed by atoms with van der Waals surface area (Å²) < 4.78 is 13.9. The number of Topliss-reactive ketones (excluding diaryl/α,β-unsaturated/α-hetero) is 1. The van der Waals surface area contributed by atoms with Crippen molar-refractivity contribution >= 4 is 5.78 Å². The number of ketones is 1. The number of carbonyl (C=O) groups is 1. The lowest BCUT2D eigenvalue weighted by atomic mass is 9.51. The Hall–Kier alpha value is -1.52. The summed E-state index contributed by atoms with van der Waals surface area (Å²) in [6.07, 6.45) is 13.1. The van der Waals surface area contributed by atoms with E-state index in [2.05, 4.69) is 23.2 Å². The van der Waals surface area contributed by atoms with Crippen molar-refractivity contribution in [3.05, 3.63) is 24.0 Å². The minimum absolute atomic E-state index is 0.119. The van der Waals surface area contributed by atoms with Crippen LogP contribution in [0, 0.1) is 35.0 Å². The zero-order valence-corrected chi connectivity index (χ0v) is 16.2. The summed E-state index contributed by atoms with van der Waals surface area (Å²) >= 11 is 0. The molecule has 0 radical (unpaired) electrons. The van der Waals surface area contributed by atoms with Crippen LogP contribution in [0.15, 0.2) is 24.0 Å². The van der Waals surface area contributed by atoms with Gasteiger partial charge in [0, 0.05) is 5.92 Å². The molecule has 1 aromatic heterocycles. The normalized spacial score (nSPS) is 43.4. The van der Waals surface area contributed by atoms with E-state index in [1.165, 1.54) is 23.2 Å². The van der Waals surface area contributed by atoms with Gasteiger partial charge in [0.2, 0.25) is 0 Å². The highest BCUT2D eigenvalue weighted by atomic mass is 19.1. The average molecular weight is 372 g/mol. The van der Waals surface area contributed by atoms with Crippen LogP contribution in [-0.2, 0) is 11.3 Å². The summed E-state index contributed by atoms with van der Waals surface area (Å²) in [6.45, 7) is 2.68. The molecule has 0 bridgehead atoms. The van der Waals surface area contributed by atoms with Crippen molar-refractivity contribution in [1.29, 1.82) is 0 Å². The van der Waals surface area contributed by atoms with Crippen LogP contribution in [-0.4, -0.2) is 26.9 Å². The van der Waals surface area contributed by atoms with Crippen LogP contribution in [0.4, 0.5) is 4.39 Å². The largest absolute Gasteiger partial charge is 0.297 e. The number of rotatable bonds is 3. The summed E-state index contributed by atoms with van der Waals surface area (Å²) in [5.41, 5.74) is 1.53. The summed E-state index contributed by atoms with van der Waals surface area (Å²) in [4.78, 5) is 14.6. The standard InChI is InChI=1S/C22H30FN3O/c1-22-9-8-17-16-5-3-15(23)12-14(16)2-4-18(17)19(22)6-7-20(22)21(27)13-26-24-10-11-25-26/h2,10-11,15-20H,3-9,12-13H2,1H3/t15-,16?,17?,18?,19?,20?,22?/m0/s1. The fourth-order valence-corrected chi connectivity index (χ4v) is 7.33. The Kier molecular flexibility index (Phi) is 4.25. The van der Waals surface area contributed by atoms with Crippen LogP contribution in [0.3, 0.4) is 0 Å². The van der Waals surface area contributed by atoms with Crippen LogP contribution in [0.5, 0.6) is 0 Å². The fraction of sp³-hybridized carbons (Fsp3) is 0.773. The van der Waals surface area contributed by atoms with Gasteiger partial charge in [-0.2, -0.15) is 15.0 Å². The molecule has 5 heteroatoms. The molecule has 0 aliphatic heterocycles. The first-order chi connectivity index (χ1) is 13.1. The van der Waals surface area contributed by atoms with Gasteiger partial charge in [-0.15, -0.1) is 0 Å². The minimum Gasteiger partial charge on any atom is -0.297 e. The number of aromatic nitrogens is 3. The van der Waals surface area contributed by atoms with Gasteiger partial charge in [-0.25, -0.2) is 4.39 Å². The lowest BCUT2D eigenvalue weighted by Gasteiger charge is -2.53. The molecule has 4 nitrogen and oxygen atoms in total. The van der Waals surface area contributed by atoms with E-state index in [0.717, 1.165) is 38.0 Å². The molecule has 3 saturated carbocycles. The van der Waals surface area contributed by atoms with E-state index in [1.807, 2.05) is 0 Å². The predicted octanol–water partition coefficient (Wildman–Crippen LogP) is 4.37. The second-order valence-corrected chi connectivity index (χ2v) is 9.63. The van der Waals surface area contributed by atoms with Gasteiger partial charge >= 0.3 is 0 Å². The Morgan fingerprint density at radius 2 is 2.00 bits per heavy atom. The minimum atomic E-state index is -0.623. The van der Waals surface area contributed by atoms with E-state index in [9.17, 15) is 9.18 Å². The quantitative estimate of drug-likeness (QED) is 0.741. The Balaban J connectivity index is 1.36. The lowest BCUT2D eigenvalue weighted by molar-refractivity contribution is -0.129. The maximum atomic E-state index is 13.9. The van der Waals surface area contributed by atoms with Crippen molar-refractivity contribution in [2.75, 3.05) is 0 Å². The van der Waals surface area contributed by atoms with Gasteiger partial charge in [-0.05, 0) is 80.5 Å². The monoisotopic (exact) mass is 371 g/mol. The zero-order valence-electron chi connectivity index (χ0n) is 16.2. The second kappa shape index (κ2) is 6.52. The third kappa shape index (κ3) is 2.80. The molecule has 4 aliphatic rings. The smallest absolute Gasteiger partial charge is 0.159 e. The van der Waals surface area contributed by atoms with Gasteiger partial charge in [0.25, 0.3) is 0 Å². The molecule has 6 unspecified atom stereocenters. The summed E-state index contributed by atoms with van der Waals surface area (Å²) in [6, 6.07) is 0. The Morgan fingerprint density at radius 1 is 1.19 bits per heavy atom. The highest BCUT2D eigenvalue weighted by Crippen LogP contribution is 2.63. The van der Waals surface area contributed by atoms with Gasteiger partial charge < -0.3 is 0 Å². The van der Waals surface area contributed by atoms with E-state index in [1.54, 1.807) is 12.4 Å². The van der Waals surface area contributed by atoms with E-state index < -0.39 is 6.17 Å². The van der Waals surface area contributed by atoms with Gasteiger partial charge in [-0.1, -0.05) is 18.6 Å². The van der Waals surface area contributed by atoms with Gasteiger partial charge in [-0.3, -0.25) is 4.79 Å². The number of hydrogen-bond acceptors (Lipinski definition) is 3. The van der Waals surface area contributed by atoms with E-state index >= 15 is 0 Å². The molecule has 5 rings (SSSR count). The average Bonchev–Trinajstić information content (AvgIpc) is 3.28. The van der Waals surface area contributed by atoms with E-state index in [0.29, 0.717) is 36.5 Å². The maximum absolute atomic E-state index is 13.9. The highest BCUT2D eigenvalue weighted by Gasteiger charge is 2.57. The van der Waals surface area contributed by atoms with E-state index in [-0.39, 0.29) is 11.3 Å². The number of hydrogen-bond donors (Lipinski definition) is 0. The topological polar surface area (TPSA) is 47.8 Å². The van der Waals surface area contributed by atoms with Gasteiger partial charge in [0.15, 0.2) is 5.78 Å². The maximum Gasteiger partial charge on any atom is 0.159 e. The Morgan fingerprint density at radius 3 is 2.81 bits per heavy atom. The molecule has 1 aromatic rings. The third-order valence-corrected chi connectivity index (χ3v) is 8.54. The molecule has 0 amide bonds. The first kappa shape index (κ1) is 17.6. The van der Waals surface area contributed by atoms with Gasteiger partial charge in [0.1, 0.15) is 12.7 Å². The van der Waals surface area contributed by atoms with Crippen LogP contribution in [0.1, 0.15) is 58.3 Å².